The topological polar surface area (TPSA) is 113 Å². The maximum absolute atomic E-state index is 12.8. The molecule has 0 aliphatic heterocycles. The second-order valence-corrected chi connectivity index (χ2v) is 9.12. The molecule has 10 heteroatoms. The molecule has 0 aliphatic carbocycles. The lowest BCUT2D eigenvalue weighted by Gasteiger charge is -2.14. The highest BCUT2D eigenvalue weighted by Crippen LogP contribution is 2.25. The molecule has 3 aromatic rings. The van der Waals surface area contributed by atoms with Crippen LogP contribution in [-0.2, 0) is 10.0 Å². The molecule has 0 aliphatic rings. The van der Waals surface area contributed by atoms with Crippen molar-refractivity contribution in [3.8, 4) is 0 Å². The Balaban J connectivity index is 1.88. The zero-order valence-electron chi connectivity index (χ0n) is 15.1. The number of amides is 1. The molecule has 3 N–H and O–H groups in total. The van der Waals surface area contributed by atoms with Gasteiger partial charge in [0.25, 0.3) is 15.9 Å². The smallest absolute Gasteiger partial charge is 0.335 e. The Morgan fingerprint density at radius 3 is 2.17 bits per heavy atom. The van der Waals surface area contributed by atoms with Crippen molar-refractivity contribution in [1.82, 2.24) is 0 Å². The van der Waals surface area contributed by atoms with Gasteiger partial charge in [0, 0.05) is 15.2 Å². The fraction of sp³-hybridized carbons (Fsp3) is 0. The second-order valence-electron chi connectivity index (χ2n) is 6.09. The molecule has 0 unspecified atom stereocenters. The Morgan fingerprint density at radius 2 is 1.57 bits per heavy atom. The van der Waals surface area contributed by atoms with E-state index >= 15 is 0 Å². The third kappa shape index (κ3) is 5.18. The summed E-state index contributed by atoms with van der Waals surface area (Å²) < 4.78 is 28.3. The molecule has 0 heterocycles. The molecule has 0 aromatic heterocycles. The summed E-state index contributed by atoms with van der Waals surface area (Å²) in [6, 6.07) is 15.7. The van der Waals surface area contributed by atoms with E-state index in [-0.39, 0.29) is 21.7 Å². The van der Waals surface area contributed by atoms with Gasteiger partial charge in [-0.05, 0) is 66.7 Å². The van der Waals surface area contributed by atoms with Gasteiger partial charge >= 0.3 is 5.97 Å². The molecule has 1 amide bonds. The van der Waals surface area contributed by atoms with Crippen LogP contribution in [0.5, 0.6) is 0 Å². The Kier molecular flexibility index (Phi) is 6.45. The summed E-state index contributed by atoms with van der Waals surface area (Å²) in [5.41, 5.74) is 0.584. The van der Waals surface area contributed by atoms with Gasteiger partial charge in [-0.15, -0.1) is 0 Å². The van der Waals surface area contributed by atoms with Crippen molar-refractivity contribution in [2.75, 3.05) is 10.0 Å². The van der Waals surface area contributed by atoms with Crippen LogP contribution in [0.3, 0.4) is 0 Å². The minimum atomic E-state index is -3.96. The molecule has 3 rings (SSSR count). The Morgan fingerprint density at radius 1 is 0.933 bits per heavy atom. The van der Waals surface area contributed by atoms with Gasteiger partial charge in [-0.1, -0.05) is 27.5 Å². The summed E-state index contributed by atoms with van der Waals surface area (Å²) in [4.78, 5) is 23.7. The number of aromatic carboxylic acids is 1. The van der Waals surface area contributed by atoms with Crippen LogP contribution in [0, 0.1) is 0 Å². The maximum Gasteiger partial charge on any atom is 0.335 e. The molecule has 0 saturated carbocycles. The molecule has 7 nitrogen and oxygen atoms in total. The van der Waals surface area contributed by atoms with Gasteiger partial charge < -0.3 is 10.4 Å². The number of benzene rings is 3. The Bertz CT molecular complexity index is 1210. The molecule has 0 atom stereocenters. The minimum absolute atomic E-state index is 0.00886. The SMILES string of the molecule is O=C(O)c1ccc(NC(=O)c2cc(Br)ccc2NS(=O)(=O)c2ccc(Cl)cc2)cc1. The molecule has 154 valence electrons. The first-order valence-corrected chi connectivity index (χ1v) is 11.0. The number of sulfonamides is 1. The van der Waals surface area contributed by atoms with Crippen molar-refractivity contribution in [3.05, 3.63) is 87.4 Å². The number of anilines is 2. The van der Waals surface area contributed by atoms with E-state index in [1.807, 2.05) is 0 Å². The number of carbonyl (C=O) groups is 2. The van der Waals surface area contributed by atoms with Crippen LogP contribution in [0.15, 0.2) is 76.1 Å². The summed E-state index contributed by atoms with van der Waals surface area (Å²) in [6.07, 6.45) is 0. The van der Waals surface area contributed by atoms with Crippen molar-refractivity contribution in [2.24, 2.45) is 0 Å². The lowest BCUT2D eigenvalue weighted by Crippen LogP contribution is -2.18. The summed E-state index contributed by atoms with van der Waals surface area (Å²) in [7, 11) is -3.96. The fourth-order valence-electron chi connectivity index (χ4n) is 2.51. The van der Waals surface area contributed by atoms with Crippen molar-refractivity contribution in [3.63, 3.8) is 0 Å². The van der Waals surface area contributed by atoms with E-state index in [4.69, 9.17) is 16.7 Å². The third-order valence-corrected chi connectivity index (χ3v) is 6.11. The van der Waals surface area contributed by atoms with Crippen LogP contribution in [0.4, 0.5) is 11.4 Å². The third-order valence-electron chi connectivity index (χ3n) is 3.98. The van der Waals surface area contributed by atoms with E-state index in [1.165, 1.54) is 60.7 Å². The van der Waals surface area contributed by atoms with Crippen LogP contribution in [-0.4, -0.2) is 25.4 Å². The molecular formula is C20H14BrClN2O5S. The Labute approximate surface area is 185 Å². The van der Waals surface area contributed by atoms with Crippen molar-refractivity contribution in [2.45, 2.75) is 4.90 Å². The van der Waals surface area contributed by atoms with Gasteiger partial charge in [0.15, 0.2) is 0 Å². The molecular weight excluding hydrogens is 496 g/mol. The van der Waals surface area contributed by atoms with Crippen molar-refractivity contribution >= 4 is 60.8 Å². The van der Waals surface area contributed by atoms with Crippen LogP contribution in [0.1, 0.15) is 20.7 Å². The molecule has 0 bridgehead atoms. The number of rotatable bonds is 6. The number of carboxylic acids is 1. The van der Waals surface area contributed by atoms with Gasteiger partial charge in [0.2, 0.25) is 0 Å². The number of carboxylic acid groups (broad SMARTS) is 1. The molecule has 30 heavy (non-hydrogen) atoms. The zero-order valence-corrected chi connectivity index (χ0v) is 18.3. The van der Waals surface area contributed by atoms with E-state index in [1.54, 1.807) is 6.07 Å². The molecule has 3 aromatic carbocycles. The number of hydrogen-bond acceptors (Lipinski definition) is 4. The minimum Gasteiger partial charge on any atom is -0.478 e. The zero-order chi connectivity index (χ0) is 21.9. The lowest BCUT2D eigenvalue weighted by molar-refractivity contribution is 0.0696. The predicted octanol–water partition coefficient (Wildman–Crippen LogP) is 4.85. The lowest BCUT2D eigenvalue weighted by atomic mass is 10.1. The number of hydrogen-bond donors (Lipinski definition) is 3. The summed E-state index contributed by atoms with van der Waals surface area (Å²) >= 11 is 9.08. The highest BCUT2D eigenvalue weighted by molar-refractivity contribution is 9.10. The molecule has 0 spiro atoms. The Hall–Kier alpha value is -2.88. The summed E-state index contributed by atoms with van der Waals surface area (Å²) in [6.45, 7) is 0. The van der Waals surface area contributed by atoms with E-state index in [0.29, 0.717) is 15.2 Å². The van der Waals surface area contributed by atoms with E-state index in [0.717, 1.165) is 0 Å². The van der Waals surface area contributed by atoms with E-state index < -0.39 is 21.9 Å². The first kappa shape index (κ1) is 21.8. The van der Waals surface area contributed by atoms with Gasteiger partial charge in [0.05, 0.1) is 21.7 Å². The van der Waals surface area contributed by atoms with Crippen LogP contribution < -0.4 is 10.0 Å². The quantitative estimate of drug-likeness (QED) is 0.439. The molecule has 0 saturated heterocycles. The van der Waals surface area contributed by atoms with Gasteiger partial charge in [-0.3, -0.25) is 9.52 Å². The highest BCUT2D eigenvalue weighted by atomic mass is 79.9. The van der Waals surface area contributed by atoms with Gasteiger partial charge in [-0.25, -0.2) is 13.2 Å². The summed E-state index contributed by atoms with van der Waals surface area (Å²) in [5.74, 6) is -1.66. The number of nitrogens with one attached hydrogen (secondary N) is 2. The van der Waals surface area contributed by atoms with E-state index in [2.05, 4.69) is 26.0 Å². The van der Waals surface area contributed by atoms with Gasteiger partial charge in [-0.2, -0.15) is 0 Å². The average Bonchev–Trinajstić information content (AvgIpc) is 2.70. The second kappa shape index (κ2) is 8.86. The van der Waals surface area contributed by atoms with E-state index in [9.17, 15) is 18.0 Å². The monoisotopic (exact) mass is 508 g/mol. The van der Waals surface area contributed by atoms with Crippen LogP contribution >= 0.6 is 27.5 Å². The van der Waals surface area contributed by atoms with Crippen LogP contribution in [0.2, 0.25) is 5.02 Å². The molecule has 0 radical (unpaired) electrons. The largest absolute Gasteiger partial charge is 0.478 e. The summed E-state index contributed by atoms with van der Waals surface area (Å²) in [5, 5.41) is 12.0. The first-order valence-electron chi connectivity index (χ1n) is 8.38. The molecule has 0 fully saturated rings. The highest BCUT2D eigenvalue weighted by Gasteiger charge is 2.19. The number of carbonyl (C=O) groups excluding carboxylic acids is 1. The maximum atomic E-state index is 12.8. The van der Waals surface area contributed by atoms with Crippen molar-refractivity contribution < 1.29 is 23.1 Å². The van der Waals surface area contributed by atoms with Crippen LogP contribution in [0.25, 0.3) is 0 Å². The fourth-order valence-corrected chi connectivity index (χ4v) is 4.07. The van der Waals surface area contributed by atoms with Crippen molar-refractivity contribution in [1.29, 1.82) is 0 Å². The normalized spacial score (nSPS) is 11.0. The number of halogens is 2. The first-order chi connectivity index (χ1) is 14.2. The average molecular weight is 510 g/mol. The van der Waals surface area contributed by atoms with Gasteiger partial charge in [0.1, 0.15) is 0 Å². The standard InChI is InChI=1S/C20H14BrClN2O5S/c21-13-3-10-18(24-30(28,29)16-8-4-14(22)5-9-16)17(11-13)19(25)23-15-6-1-12(2-7-15)20(26)27/h1-11,24H,(H,23,25)(H,26,27). The predicted molar refractivity (Wildman–Crippen MR) is 118 cm³/mol.